The van der Waals surface area contributed by atoms with Crippen LogP contribution in [-0.2, 0) is 19.1 Å². The Morgan fingerprint density at radius 3 is 2.62 bits per heavy atom. The van der Waals surface area contributed by atoms with Gasteiger partial charge >= 0.3 is 6.09 Å². The van der Waals surface area contributed by atoms with E-state index in [1.165, 1.54) is 31.8 Å². The molecule has 1 saturated carbocycles. The summed E-state index contributed by atoms with van der Waals surface area (Å²) in [7, 11) is 0. The molecular formula is C28H42N4O5. The number of hydrogen-bond acceptors (Lipinski definition) is 7. The Morgan fingerprint density at radius 1 is 1.16 bits per heavy atom. The third-order valence-corrected chi connectivity index (χ3v) is 7.07. The number of hydroxylamine groups is 1. The molecule has 2 saturated heterocycles. The number of amides is 2. The minimum Gasteiger partial charge on any atom is -0.443 e. The van der Waals surface area contributed by atoms with Crippen LogP contribution < -0.4 is 10.4 Å². The van der Waals surface area contributed by atoms with Gasteiger partial charge in [0.15, 0.2) is 6.29 Å². The van der Waals surface area contributed by atoms with Crippen molar-refractivity contribution in [2.75, 3.05) is 31.1 Å². The second kappa shape index (κ2) is 12.8. The average molecular weight is 515 g/mol. The molecule has 1 unspecified atom stereocenters. The lowest BCUT2D eigenvalue weighted by Gasteiger charge is -2.31. The Labute approximate surface area is 220 Å². The van der Waals surface area contributed by atoms with E-state index in [9.17, 15) is 9.59 Å². The van der Waals surface area contributed by atoms with E-state index in [-0.39, 0.29) is 18.0 Å². The molecule has 1 N–H and O–H groups in total. The van der Waals surface area contributed by atoms with Gasteiger partial charge in [0.05, 0.1) is 6.04 Å². The topological polar surface area (TPSA) is 93.2 Å². The van der Waals surface area contributed by atoms with Crippen molar-refractivity contribution in [1.29, 1.82) is 0 Å². The number of anilines is 1. The molecule has 1 aromatic rings. The summed E-state index contributed by atoms with van der Waals surface area (Å²) < 4.78 is 11.2. The molecule has 3 aliphatic rings. The highest BCUT2D eigenvalue weighted by Gasteiger charge is 2.36. The number of likely N-dealkylation sites (tertiary alicyclic amines) is 1. The summed E-state index contributed by atoms with van der Waals surface area (Å²) in [5.41, 5.74) is 2.55. The van der Waals surface area contributed by atoms with Gasteiger partial charge in [0, 0.05) is 44.9 Å². The first-order chi connectivity index (χ1) is 17.8. The first kappa shape index (κ1) is 27.5. The third-order valence-electron chi connectivity index (χ3n) is 7.07. The summed E-state index contributed by atoms with van der Waals surface area (Å²) in [6.45, 7) is 9.18. The first-order valence-corrected chi connectivity index (χ1v) is 13.7. The highest BCUT2D eigenvalue weighted by atomic mass is 16.8. The number of nitrogens with one attached hydrogen (secondary N) is 1. The lowest BCUT2D eigenvalue weighted by Crippen LogP contribution is -2.45. The Kier molecular flexibility index (Phi) is 9.56. The van der Waals surface area contributed by atoms with Gasteiger partial charge < -0.3 is 14.4 Å². The van der Waals surface area contributed by atoms with E-state index >= 15 is 0 Å². The van der Waals surface area contributed by atoms with Crippen LogP contribution in [0.3, 0.4) is 0 Å². The zero-order valence-corrected chi connectivity index (χ0v) is 22.5. The monoisotopic (exact) mass is 514 g/mol. The van der Waals surface area contributed by atoms with E-state index < -0.39 is 11.9 Å². The number of hydrogen-bond donors (Lipinski definition) is 1. The maximum absolute atomic E-state index is 13.3. The van der Waals surface area contributed by atoms with Crippen molar-refractivity contribution in [1.82, 2.24) is 15.4 Å². The maximum atomic E-state index is 13.3. The molecule has 9 nitrogen and oxygen atoms in total. The molecule has 0 aromatic carbocycles. The summed E-state index contributed by atoms with van der Waals surface area (Å²) in [5, 5.41) is 0. The molecular weight excluding hydrogens is 472 g/mol. The Balaban J connectivity index is 1.37. The molecule has 9 heteroatoms. The Morgan fingerprint density at radius 2 is 1.95 bits per heavy atom. The molecule has 3 fully saturated rings. The Bertz CT molecular complexity index is 917. The van der Waals surface area contributed by atoms with E-state index in [2.05, 4.69) is 15.4 Å². The van der Waals surface area contributed by atoms with Crippen LogP contribution in [0.15, 0.2) is 24.4 Å². The van der Waals surface area contributed by atoms with Gasteiger partial charge in [-0.2, -0.15) is 0 Å². The maximum Gasteiger partial charge on any atom is 0.416 e. The van der Waals surface area contributed by atoms with E-state index in [1.54, 1.807) is 17.2 Å². The SMILES string of the molecule is CC(C)(C)OC(=O)N(c1ccc(C=CC(=O)NOC2CCCCO2)cn1)[C@@H]1CCN(CC2CCCC2)C1. The van der Waals surface area contributed by atoms with Gasteiger partial charge in [-0.05, 0) is 82.6 Å². The minimum atomic E-state index is -0.599. The zero-order chi connectivity index (χ0) is 26.3. The standard InChI is InChI=1S/C28H42N4O5/c1-28(2,3)36-27(34)32(23-15-16-31(20-23)19-22-8-4-5-9-22)24-13-11-21(18-29-24)12-14-25(33)30-37-26-10-6-7-17-35-26/h11-14,18,22-23,26H,4-10,15-17,19-20H2,1-3H3,(H,30,33)/t23-,26?/m1/s1. The van der Waals surface area contributed by atoms with Gasteiger partial charge in [0.25, 0.3) is 5.91 Å². The van der Waals surface area contributed by atoms with Crippen LogP contribution in [-0.4, -0.2) is 66.1 Å². The summed E-state index contributed by atoms with van der Waals surface area (Å²) >= 11 is 0. The van der Waals surface area contributed by atoms with Crippen molar-refractivity contribution in [3.63, 3.8) is 0 Å². The van der Waals surface area contributed by atoms with E-state index in [0.29, 0.717) is 12.4 Å². The van der Waals surface area contributed by atoms with Crippen molar-refractivity contribution >= 4 is 23.9 Å². The lowest BCUT2D eigenvalue weighted by molar-refractivity contribution is -0.198. The van der Waals surface area contributed by atoms with Crippen LogP contribution >= 0.6 is 0 Å². The highest BCUT2D eigenvalue weighted by molar-refractivity contribution is 5.91. The summed E-state index contributed by atoms with van der Waals surface area (Å²) in [6, 6.07) is 3.67. The molecule has 37 heavy (non-hydrogen) atoms. The lowest BCUT2D eigenvalue weighted by atomic mass is 10.1. The van der Waals surface area contributed by atoms with E-state index in [4.69, 9.17) is 14.3 Å². The number of pyridine rings is 1. The summed E-state index contributed by atoms with van der Waals surface area (Å²) in [6.07, 6.45) is 12.9. The molecule has 1 aromatic heterocycles. The van der Waals surface area contributed by atoms with Crippen LogP contribution in [0.25, 0.3) is 6.08 Å². The van der Waals surface area contributed by atoms with Gasteiger partial charge in [-0.15, -0.1) is 0 Å². The normalized spacial score (nSPS) is 23.4. The van der Waals surface area contributed by atoms with E-state index in [0.717, 1.165) is 56.8 Å². The fourth-order valence-corrected chi connectivity index (χ4v) is 5.26. The number of carbonyl (C=O) groups excluding carboxylic acids is 2. The average Bonchev–Trinajstić information content (AvgIpc) is 3.55. The van der Waals surface area contributed by atoms with E-state index in [1.807, 2.05) is 32.9 Å². The first-order valence-electron chi connectivity index (χ1n) is 13.7. The molecule has 0 spiro atoms. The quantitative estimate of drug-likeness (QED) is 0.398. The number of ether oxygens (including phenoxy) is 2. The number of aromatic nitrogens is 1. The minimum absolute atomic E-state index is 0.00933. The molecule has 0 radical (unpaired) electrons. The van der Waals surface area contributed by atoms with Gasteiger partial charge in [0.1, 0.15) is 11.4 Å². The van der Waals surface area contributed by atoms with Crippen LogP contribution in [0.2, 0.25) is 0 Å². The molecule has 4 rings (SSSR count). The molecule has 1 aliphatic carbocycles. The molecule has 204 valence electrons. The second-order valence-electron chi connectivity index (χ2n) is 11.4. The fourth-order valence-electron chi connectivity index (χ4n) is 5.26. The van der Waals surface area contributed by atoms with Gasteiger partial charge in [-0.3, -0.25) is 9.69 Å². The number of nitrogens with zero attached hydrogens (tertiary/aromatic N) is 3. The predicted octanol–water partition coefficient (Wildman–Crippen LogP) is 4.68. The number of carbonyl (C=O) groups is 2. The van der Waals surface area contributed by atoms with Crippen LogP contribution in [0.4, 0.5) is 10.6 Å². The molecule has 3 heterocycles. The van der Waals surface area contributed by atoms with Gasteiger partial charge in [0.2, 0.25) is 0 Å². The fraction of sp³-hybridized carbons (Fsp3) is 0.679. The van der Waals surface area contributed by atoms with Crippen LogP contribution in [0.1, 0.15) is 77.7 Å². The van der Waals surface area contributed by atoms with Crippen molar-refractivity contribution in [2.45, 2.75) is 90.1 Å². The molecule has 2 aliphatic heterocycles. The Hall–Kier alpha value is -2.49. The molecule has 2 atom stereocenters. The van der Waals surface area contributed by atoms with Gasteiger partial charge in [-0.25, -0.2) is 20.1 Å². The summed E-state index contributed by atoms with van der Waals surface area (Å²) in [5.74, 6) is 0.957. The molecule has 0 bridgehead atoms. The molecule has 2 amide bonds. The number of rotatable bonds is 8. The second-order valence-corrected chi connectivity index (χ2v) is 11.4. The summed E-state index contributed by atoms with van der Waals surface area (Å²) in [4.78, 5) is 39.4. The van der Waals surface area contributed by atoms with Crippen molar-refractivity contribution < 1.29 is 23.9 Å². The van der Waals surface area contributed by atoms with Crippen molar-refractivity contribution in [3.05, 3.63) is 30.0 Å². The predicted molar refractivity (Wildman–Crippen MR) is 142 cm³/mol. The highest BCUT2D eigenvalue weighted by Crippen LogP contribution is 2.29. The van der Waals surface area contributed by atoms with Crippen molar-refractivity contribution in [3.8, 4) is 0 Å². The van der Waals surface area contributed by atoms with Gasteiger partial charge in [-0.1, -0.05) is 12.8 Å². The largest absolute Gasteiger partial charge is 0.443 e. The van der Waals surface area contributed by atoms with Crippen LogP contribution in [0, 0.1) is 5.92 Å². The third kappa shape index (κ3) is 8.51. The van der Waals surface area contributed by atoms with Crippen molar-refractivity contribution in [2.24, 2.45) is 5.92 Å². The van der Waals surface area contributed by atoms with Crippen LogP contribution in [0.5, 0.6) is 0 Å². The zero-order valence-electron chi connectivity index (χ0n) is 22.5. The smallest absolute Gasteiger partial charge is 0.416 e.